The van der Waals surface area contributed by atoms with Gasteiger partial charge in [0.25, 0.3) is 0 Å². The molecule has 0 aliphatic heterocycles. The van der Waals surface area contributed by atoms with Crippen LogP contribution in [0.25, 0.3) is 0 Å². The molecule has 132 valence electrons. The van der Waals surface area contributed by atoms with Gasteiger partial charge in [0.05, 0.1) is 0 Å². The van der Waals surface area contributed by atoms with Gasteiger partial charge in [0.1, 0.15) is 12.6 Å². The Labute approximate surface area is 143 Å². The van der Waals surface area contributed by atoms with Crippen molar-refractivity contribution in [3.05, 3.63) is 35.9 Å². The molecule has 5 heteroatoms. The van der Waals surface area contributed by atoms with Crippen LogP contribution < -0.4 is 0 Å². The van der Waals surface area contributed by atoms with Crippen LogP contribution in [0.5, 0.6) is 0 Å². The molecule has 0 spiro atoms. The molecular formula is C19H27NO4. The van der Waals surface area contributed by atoms with E-state index in [2.05, 4.69) is 0 Å². The molecule has 1 fully saturated rings. The van der Waals surface area contributed by atoms with E-state index >= 15 is 0 Å². The number of rotatable bonds is 7. The number of ether oxygens (including phenoxy) is 1. The third-order valence-electron chi connectivity index (χ3n) is 4.72. The number of carbonyl (C=O) groups excluding carboxylic acids is 1. The lowest BCUT2D eigenvalue weighted by atomic mass is 9.84. The number of carboxylic acid groups (broad SMARTS) is 1. The lowest BCUT2D eigenvalue weighted by Gasteiger charge is -2.31. The van der Waals surface area contributed by atoms with Crippen molar-refractivity contribution in [1.29, 1.82) is 0 Å². The van der Waals surface area contributed by atoms with E-state index in [1.54, 1.807) is 6.92 Å². The van der Waals surface area contributed by atoms with Gasteiger partial charge < -0.3 is 9.84 Å². The highest BCUT2D eigenvalue weighted by Gasteiger charge is 2.32. The van der Waals surface area contributed by atoms with Crippen molar-refractivity contribution in [3.63, 3.8) is 0 Å². The van der Waals surface area contributed by atoms with E-state index in [1.807, 2.05) is 30.3 Å². The molecule has 1 atom stereocenters. The van der Waals surface area contributed by atoms with Crippen molar-refractivity contribution < 1.29 is 19.4 Å². The topological polar surface area (TPSA) is 66.8 Å². The third kappa shape index (κ3) is 5.25. The van der Waals surface area contributed by atoms with Crippen LogP contribution in [-0.2, 0) is 16.1 Å². The molecule has 1 unspecified atom stereocenters. The van der Waals surface area contributed by atoms with Gasteiger partial charge in [0.2, 0.25) is 0 Å². The lowest BCUT2D eigenvalue weighted by molar-refractivity contribution is -0.143. The minimum atomic E-state index is -0.945. The molecule has 1 aromatic carbocycles. The van der Waals surface area contributed by atoms with E-state index in [4.69, 9.17) is 4.74 Å². The largest absolute Gasteiger partial charge is 0.480 e. The monoisotopic (exact) mass is 333 g/mol. The van der Waals surface area contributed by atoms with Crippen molar-refractivity contribution in [2.45, 2.75) is 58.1 Å². The maximum atomic E-state index is 12.4. The molecule has 1 aliphatic rings. The zero-order valence-corrected chi connectivity index (χ0v) is 14.3. The van der Waals surface area contributed by atoms with Gasteiger partial charge in [-0.25, -0.2) is 9.59 Å². The first-order valence-corrected chi connectivity index (χ1v) is 8.82. The summed E-state index contributed by atoms with van der Waals surface area (Å²) < 4.78 is 5.33. The quantitative estimate of drug-likeness (QED) is 0.817. The summed E-state index contributed by atoms with van der Waals surface area (Å²) in [7, 11) is 0. The summed E-state index contributed by atoms with van der Waals surface area (Å²) >= 11 is 0. The van der Waals surface area contributed by atoms with E-state index in [0.717, 1.165) is 31.2 Å². The van der Waals surface area contributed by atoms with Crippen LogP contribution in [0, 0.1) is 5.92 Å². The summed E-state index contributed by atoms with van der Waals surface area (Å²) in [6.07, 6.45) is 5.61. The SMILES string of the molecule is CCN(C(=O)OCc1ccccc1)C(CC1CCCCC1)C(=O)O. The zero-order chi connectivity index (χ0) is 17.4. The Kier molecular flexibility index (Phi) is 7.09. The summed E-state index contributed by atoms with van der Waals surface area (Å²) in [4.78, 5) is 25.4. The summed E-state index contributed by atoms with van der Waals surface area (Å²) in [5.74, 6) is -0.560. The Morgan fingerprint density at radius 1 is 1.21 bits per heavy atom. The molecule has 0 saturated heterocycles. The fraction of sp³-hybridized carbons (Fsp3) is 0.579. The smallest absolute Gasteiger partial charge is 0.410 e. The molecule has 1 saturated carbocycles. The van der Waals surface area contributed by atoms with Gasteiger partial charge >= 0.3 is 12.1 Å². The molecule has 1 N–H and O–H groups in total. The van der Waals surface area contributed by atoms with Crippen LogP contribution in [0.2, 0.25) is 0 Å². The second-order valence-corrected chi connectivity index (χ2v) is 6.42. The predicted octanol–water partition coefficient (Wildman–Crippen LogP) is 4.07. The maximum absolute atomic E-state index is 12.4. The average molecular weight is 333 g/mol. The number of nitrogens with zero attached hydrogens (tertiary/aromatic N) is 1. The summed E-state index contributed by atoms with van der Waals surface area (Å²) in [6.45, 7) is 2.28. The van der Waals surface area contributed by atoms with Gasteiger partial charge in [0.15, 0.2) is 0 Å². The third-order valence-corrected chi connectivity index (χ3v) is 4.72. The highest BCUT2D eigenvalue weighted by Crippen LogP contribution is 2.29. The fourth-order valence-electron chi connectivity index (χ4n) is 3.38. The molecule has 5 nitrogen and oxygen atoms in total. The number of carbonyl (C=O) groups is 2. The first kappa shape index (κ1) is 18.3. The van der Waals surface area contributed by atoms with Gasteiger partial charge in [0, 0.05) is 6.54 Å². The van der Waals surface area contributed by atoms with Gasteiger partial charge in [-0.1, -0.05) is 62.4 Å². The number of aliphatic carboxylic acids is 1. The normalized spacial score (nSPS) is 16.4. The molecule has 0 radical (unpaired) electrons. The number of hydrogen-bond donors (Lipinski definition) is 1. The van der Waals surface area contributed by atoms with E-state index in [0.29, 0.717) is 18.9 Å². The molecule has 1 aliphatic carbocycles. The standard InChI is InChI=1S/C19H27NO4/c1-2-20(19(23)24-14-16-11-7-4-8-12-16)17(18(21)22)13-15-9-5-3-6-10-15/h4,7-8,11-12,15,17H,2-3,5-6,9-10,13-14H2,1H3,(H,21,22). The van der Waals surface area contributed by atoms with Crippen molar-refractivity contribution in [2.75, 3.05) is 6.54 Å². The number of likely N-dealkylation sites (N-methyl/N-ethyl adjacent to an activating group) is 1. The summed E-state index contributed by atoms with van der Waals surface area (Å²) in [5.41, 5.74) is 0.890. The second kappa shape index (κ2) is 9.30. The van der Waals surface area contributed by atoms with Crippen molar-refractivity contribution in [1.82, 2.24) is 4.90 Å². The Morgan fingerprint density at radius 2 is 1.88 bits per heavy atom. The van der Waals surface area contributed by atoms with Gasteiger partial charge in [-0.05, 0) is 24.8 Å². The molecule has 24 heavy (non-hydrogen) atoms. The molecule has 1 amide bonds. The number of carboxylic acids is 1. The van der Waals surface area contributed by atoms with E-state index in [1.165, 1.54) is 11.3 Å². The molecule has 0 aromatic heterocycles. The Bertz CT molecular complexity index is 525. The minimum Gasteiger partial charge on any atom is -0.480 e. The van der Waals surface area contributed by atoms with Crippen molar-refractivity contribution in [3.8, 4) is 0 Å². The Hall–Kier alpha value is -2.04. The Morgan fingerprint density at radius 3 is 2.46 bits per heavy atom. The van der Waals surface area contributed by atoms with Gasteiger partial charge in [-0.15, -0.1) is 0 Å². The van der Waals surface area contributed by atoms with Crippen molar-refractivity contribution >= 4 is 12.1 Å². The minimum absolute atomic E-state index is 0.159. The number of amides is 1. The van der Waals surface area contributed by atoms with Crippen LogP contribution in [0.4, 0.5) is 4.79 Å². The first-order chi connectivity index (χ1) is 11.6. The van der Waals surface area contributed by atoms with Crippen LogP contribution >= 0.6 is 0 Å². The predicted molar refractivity (Wildman–Crippen MR) is 91.6 cm³/mol. The van der Waals surface area contributed by atoms with E-state index in [-0.39, 0.29) is 6.61 Å². The number of hydrogen-bond acceptors (Lipinski definition) is 3. The molecule has 0 heterocycles. The van der Waals surface area contributed by atoms with Crippen LogP contribution in [0.15, 0.2) is 30.3 Å². The molecule has 0 bridgehead atoms. The molecule has 1 aromatic rings. The number of benzene rings is 1. The molecule has 2 rings (SSSR count). The lowest BCUT2D eigenvalue weighted by Crippen LogP contribution is -2.46. The molecular weight excluding hydrogens is 306 g/mol. The highest BCUT2D eigenvalue weighted by molar-refractivity contribution is 5.80. The van der Waals surface area contributed by atoms with E-state index < -0.39 is 18.1 Å². The first-order valence-electron chi connectivity index (χ1n) is 8.82. The van der Waals surface area contributed by atoms with Gasteiger partial charge in [-0.3, -0.25) is 4.90 Å². The van der Waals surface area contributed by atoms with E-state index in [9.17, 15) is 14.7 Å². The van der Waals surface area contributed by atoms with Crippen molar-refractivity contribution in [2.24, 2.45) is 5.92 Å². The summed E-state index contributed by atoms with van der Waals surface area (Å²) in [5, 5.41) is 9.59. The van der Waals surface area contributed by atoms with Crippen LogP contribution in [-0.4, -0.2) is 34.7 Å². The van der Waals surface area contributed by atoms with Crippen LogP contribution in [0.1, 0.15) is 51.0 Å². The fourth-order valence-corrected chi connectivity index (χ4v) is 3.38. The average Bonchev–Trinajstić information content (AvgIpc) is 2.61. The maximum Gasteiger partial charge on any atom is 0.410 e. The highest BCUT2D eigenvalue weighted by atomic mass is 16.6. The van der Waals surface area contributed by atoms with Crippen LogP contribution in [0.3, 0.4) is 0 Å². The van der Waals surface area contributed by atoms with Gasteiger partial charge in [-0.2, -0.15) is 0 Å². The zero-order valence-electron chi connectivity index (χ0n) is 14.3. The summed E-state index contributed by atoms with van der Waals surface area (Å²) in [6, 6.07) is 8.60. The second-order valence-electron chi connectivity index (χ2n) is 6.42. The Balaban J connectivity index is 1.96.